The van der Waals surface area contributed by atoms with E-state index < -0.39 is 18.1 Å². The largest absolute Gasteiger partial charge is 0.490 e. The molecule has 2 rings (SSSR count). The summed E-state index contributed by atoms with van der Waals surface area (Å²) in [4.78, 5) is 12.1. The van der Waals surface area contributed by atoms with Gasteiger partial charge in [0.1, 0.15) is 6.61 Å². The number of benzene rings is 2. The molecule has 0 spiro atoms. The van der Waals surface area contributed by atoms with Gasteiger partial charge in [-0.1, -0.05) is 36.4 Å². The van der Waals surface area contributed by atoms with Crippen molar-refractivity contribution in [1.29, 1.82) is 0 Å². The van der Waals surface area contributed by atoms with Crippen molar-refractivity contribution in [3.8, 4) is 11.5 Å². The Labute approximate surface area is 159 Å². The molecule has 0 saturated heterocycles. The average molecular weight is 373 g/mol. The van der Waals surface area contributed by atoms with Crippen LogP contribution in [0.2, 0.25) is 0 Å². The third kappa shape index (κ3) is 6.27. The van der Waals surface area contributed by atoms with Gasteiger partial charge in [-0.15, -0.1) is 0 Å². The van der Waals surface area contributed by atoms with E-state index in [2.05, 4.69) is 0 Å². The Hall–Kier alpha value is -2.57. The molecule has 27 heavy (non-hydrogen) atoms. The first kappa shape index (κ1) is 20.7. The first-order chi connectivity index (χ1) is 13.0. The Kier molecular flexibility index (Phi) is 8.10. The van der Waals surface area contributed by atoms with Crippen LogP contribution in [0.3, 0.4) is 0 Å². The smallest absolute Gasteiger partial charge is 0.336 e. The van der Waals surface area contributed by atoms with Crippen LogP contribution in [0.5, 0.6) is 11.5 Å². The number of hydrogen-bond donors (Lipinski definition) is 2. The highest BCUT2D eigenvalue weighted by atomic mass is 16.5. The van der Waals surface area contributed by atoms with Gasteiger partial charge >= 0.3 is 5.97 Å². The van der Waals surface area contributed by atoms with E-state index in [0.29, 0.717) is 31.1 Å². The van der Waals surface area contributed by atoms with Crippen LogP contribution in [0.25, 0.3) is 0 Å². The lowest BCUT2D eigenvalue weighted by molar-refractivity contribution is -0.156. The van der Waals surface area contributed by atoms with Crippen molar-refractivity contribution in [3.63, 3.8) is 0 Å². The first-order valence-corrected chi connectivity index (χ1v) is 9.07. The van der Waals surface area contributed by atoms with Crippen LogP contribution in [0.4, 0.5) is 0 Å². The highest BCUT2D eigenvalue weighted by molar-refractivity contribution is 5.75. The summed E-state index contributed by atoms with van der Waals surface area (Å²) in [5.41, 5.74) is 7.70. The zero-order chi connectivity index (χ0) is 19.6. The summed E-state index contributed by atoms with van der Waals surface area (Å²) in [5, 5.41) is 10.2. The lowest BCUT2D eigenvalue weighted by Crippen LogP contribution is -2.42. The van der Waals surface area contributed by atoms with Gasteiger partial charge in [-0.05, 0) is 43.5 Å². The number of esters is 1. The van der Waals surface area contributed by atoms with Crippen LogP contribution in [0.1, 0.15) is 25.0 Å². The Morgan fingerprint density at radius 2 is 1.67 bits per heavy atom. The van der Waals surface area contributed by atoms with Crippen LogP contribution < -0.4 is 15.2 Å². The monoisotopic (exact) mass is 373 g/mol. The molecule has 0 saturated carbocycles. The fraction of sp³-hybridized carbons (Fsp3) is 0.381. The van der Waals surface area contributed by atoms with E-state index in [-0.39, 0.29) is 6.61 Å². The number of carbonyl (C=O) groups is 1. The minimum atomic E-state index is -1.41. The van der Waals surface area contributed by atoms with Crippen molar-refractivity contribution in [3.05, 3.63) is 59.7 Å². The van der Waals surface area contributed by atoms with Crippen LogP contribution in [-0.4, -0.2) is 36.4 Å². The lowest BCUT2D eigenvalue weighted by Gasteiger charge is -2.19. The van der Waals surface area contributed by atoms with Crippen molar-refractivity contribution in [2.45, 2.75) is 39.0 Å². The van der Waals surface area contributed by atoms with Crippen LogP contribution in [-0.2, 0) is 22.6 Å². The number of nitrogens with two attached hydrogens (primary N) is 1. The Morgan fingerprint density at radius 3 is 2.33 bits per heavy atom. The summed E-state index contributed by atoms with van der Waals surface area (Å²) in [5.74, 6) is 0.534. The van der Waals surface area contributed by atoms with E-state index in [1.165, 1.54) is 0 Å². The average Bonchev–Trinajstić information content (AvgIpc) is 2.68. The zero-order valence-electron chi connectivity index (χ0n) is 15.8. The number of rotatable bonds is 10. The number of ether oxygens (including phenoxy) is 3. The fourth-order valence-electron chi connectivity index (χ4n) is 2.60. The molecule has 2 atom stereocenters. The van der Waals surface area contributed by atoms with E-state index >= 15 is 0 Å². The van der Waals surface area contributed by atoms with Crippen LogP contribution >= 0.6 is 0 Å². The molecule has 0 aromatic heterocycles. The van der Waals surface area contributed by atoms with Gasteiger partial charge in [-0.2, -0.15) is 0 Å². The molecule has 0 heterocycles. The Morgan fingerprint density at radius 1 is 1.00 bits per heavy atom. The summed E-state index contributed by atoms with van der Waals surface area (Å²) >= 11 is 0. The van der Waals surface area contributed by atoms with Gasteiger partial charge in [0.25, 0.3) is 0 Å². The van der Waals surface area contributed by atoms with Gasteiger partial charge in [-0.3, -0.25) is 0 Å². The molecule has 0 amide bonds. The summed E-state index contributed by atoms with van der Waals surface area (Å²) in [6, 6.07) is 13.9. The van der Waals surface area contributed by atoms with Gasteiger partial charge in [0.15, 0.2) is 17.6 Å². The standard InChI is InChI=1S/C21H27NO5/c1-3-25-18-11-10-16(13-19(18)26-4-2)12-17(22)20(23)21(24)27-14-15-8-6-5-7-9-15/h5-11,13,17,20,23H,3-4,12,14,22H2,1-2H3. The van der Waals surface area contributed by atoms with Gasteiger partial charge in [0.2, 0.25) is 0 Å². The first-order valence-electron chi connectivity index (χ1n) is 9.07. The second-order valence-corrected chi connectivity index (χ2v) is 6.05. The third-order valence-corrected chi connectivity index (χ3v) is 3.95. The second-order valence-electron chi connectivity index (χ2n) is 6.05. The van der Waals surface area contributed by atoms with Gasteiger partial charge in [0.05, 0.1) is 13.2 Å². The van der Waals surface area contributed by atoms with Crippen LogP contribution in [0.15, 0.2) is 48.5 Å². The minimum absolute atomic E-state index is 0.0982. The molecule has 6 nitrogen and oxygen atoms in total. The molecule has 0 aliphatic heterocycles. The van der Waals surface area contributed by atoms with E-state index in [1.54, 1.807) is 6.07 Å². The number of hydrogen-bond acceptors (Lipinski definition) is 6. The molecule has 0 fully saturated rings. The Bertz CT molecular complexity index is 720. The number of aliphatic hydroxyl groups is 1. The number of aliphatic hydroxyl groups excluding tert-OH is 1. The van der Waals surface area contributed by atoms with Crippen molar-refractivity contribution >= 4 is 5.97 Å². The Balaban J connectivity index is 1.95. The van der Waals surface area contributed by atoms with Gasteiger partial charge in [0, 0.05) is 6.04 Å². The maximum Gasteiger partial charge on any atom is 0.336 e. The predicted molar refractivity (Wildman–Crippen MR) is 103 cm³/mol. The molecule has 3 N–H and O–H groups in total. The van der Waals surface area contributed by atoms with Crippen molar-refractivity contribution in [2.75, 3.05) is 13.2 Å². The highest BCUT2D eigenvalue weighted by Gasteiger charge is 2.25. The van der Waals surface area contributed by atoms with Crippen molar-refractivity contribution < 1.29 is 24.1 Å². The highest BCUT2D eigenvalue weighted by Crippen LogP contribution is 2.29. The molecule has 2 unspecified atom stereocenters. The zero-order valence-corrected chi connectivity index (χ0v) is 15.8. The summed E-state index contributed by atoms with van der Waals surface area (Å²) in [6.07, 6.45) is -1.11. The van der Waals surface area contributed by atoms with Gasteiger partial charge in [-0.25, -0.2) is 4.79 Å². The predicted octanol–water partition coefficient (Wildman–Crippen LogP) is 2.46. The molecular weight excluding hydrogens is 346 g/mol. The van der Waals surface area contributed by atoms with Crippen LogP contribution in [0, 0.1) is 0 Å². The molecule has 0 radical (unpaired) electrons. The van der Waals surface area contributed by atoms with E-state index in [9.17, 15) is 9.90 Å². The third-order valence-electron chi connectivity index (χ3n) is 3.95. The fourth-order valence-corrected chi connectivity index (χ4v) is 2.60. The maximum absolute atomic E-state index is 12.1. The molecule has 0 aliphatic carbocycles. The molecule has 0 bridgehead atoms. The molecule has 146 valence electrons. The molecule has 2 aromatic carbocycles. The van der Waals surface area contributed by atoms with E-state index in [4.69, 9.17) is 19.9 Å². The lowest BCUT2D eigenvalue weighted by atomic mass is 10.0. The molecule has 2 aromatic rings. The molecule has 0 aliphatic rings. The molecular formula is C21H27NO5. The van der Waals surface area contributed by atoms with E-state index in [0.717, 1.165) is 11.1 Å². The molecule has 6 heteroatoms. The minimum Gasteiger partial charge on any atom is -0.490 e. The maximum atomic E-state index is 12.1. The summed E-state index contributed by atoms with van der Waals surface area (Å²) < 4.78 is 16.3. The second kappa shape index (κ2) is 10.5. The van der Waals surface area contributed by atoms with Crippen molar-refractivity contribution in [1.82, 2.24) is 0 Å². The summed E-state index contributed by atoms with van der Waals surface area (Å²) in [7, 11) is 0. The van der Waals surface area contributed by atoms with Crippen molar-refractivity contribution in [2.24, 2.45) is 5.73 Å². The normalized spacial score (nSPS) is 12.9. The quantitative estimate of drug-likeness (QED) is 0.622. The van der Waals surface area contributed by atoms with Gasteiger partial charge < -0.3 is 25.1 Å². The summed E-state index contributed by atoms with van der Waals surface area (Å²) in [6.45, 7) is 4.92. The topological polar surface area (TPSA) is 91.0 Å². The SMILES string of the molecule is CCOc1ccc(CC(N)C(O)C(=O)OCc2ccccc2)cc1OCC. The number of carbonyl (C=O) groups excluding carboxylic acids is 1. The van der Waals surface area contributed by atoms with E-state index in [1.807, 2.05) is 56.3 Å².